The highest BCUT2D eigenvalue weighted by Gasteiger charge is 2.06. The number of H-pyrrole nitrogens is 1. The van der Waals surface area contributed by atoms with Crippen LogP contribution in [0.25, 0.3) is 0 Å². The lowest BCUT2D eigenvalue weighted by Gasteiger charge is -2.04. The fourth-order valence-corrected chi connectivity index (χ4v) is 9.15. The van der Waals surface area contributed by atoms with Crippen molar-refractivity contribution in [3.05, 3.63) is 90.3 Å². The Morgan fingerprint density at radius 3 is 1.00 bits per heavy atom. The highest BCUT2D eigenvalue weighted by molar-refractivity contribution is 9.09. The van der Waals surface area contributed by atoms with Crippen molar-refractivity contribution in [2.45, 2.75) is 244 Å². The van der Waals surface area contributed by atoms with E-state index in [1.165, 1.54) is 266 Å². The molecule has 0 aromatic carbocycles. The second-order valence-corrected chi connectivity index (χ2v) is 18.7. The standard InChI is InChI=1S/C54H90BrN3/c55-43-31-25-19-13-7-1-4-11-17-23-29-38-53-41-35-47-58(50-53)46-33-27-21-15-9-3-6-12-18-24-30-39-54-42-36-48-57(51-54)45-32-26-20-14-8-2-5-10-16-22-28-37-52-40-34-44-56-49-52/h34-36,40-42,44,47-51H,1-33,37-39,43,45-46H2/q+2/p+1. The van der Waals surface area contributed by atoms with Gasteiger partial charge < -0.3 is 0 Å². The Morgan fingerprint density at radius 1 is 0.345 bits per heavy atom. The van der Waals surface area contributed by atoms with E-state index in [2.05, 4.69) is 97.4 Å². The van der Waals surface area contributed by atoms with Crippen LogP contribution in [0.5, 0.6) is 0 Å². The van der Waals surface area contributed by atoms with Crippen LogP contribution in [0.4, 0.5) is 0 Å². The minimum Gasteiger partial charge on any atom is -0.218 e. The van der Waals surface area contributed by atoms with Gasteiger partial charge in [0.15, 0.2) is 37.2 Å². The molecule has 0 aliphatic carbocycles. The van der Waals surface area contributed by atoms with Gasteiger partial charge in [0, 0.05) is 53.1 Å². The van der Waals surface area contributed by atoms with Crippen LogP contribution in [0.3, 0.4) is 0 Å². The molecule has 58 heavy (non-hydrogen) atoms. The lowest BCUT2D eigenvalue weighted by molar-refractivity contribution is -0.697. The van der Waals surface area contributed by atoms with E-state index < -0.39 is 0 Å². The molecule has 0 saturated carbocycles. The van der Waals surface area contributed by atoms with Crippen molar-refractivity contribution < 1.29 is 14.1 Å². The van der Waals surface area contributed by atoms with E-state index in [0.29, 0.717) is 0 Å². The van der Waals surface area contributed by atoms with Gasteiger partial charge in [0.2, 0.25) is 0 Å². The van der Waals surface area contributed by atoms with E-state index in [9.17, 15) is 0 Å². The van der Waals surface area contributed by atoms with Crippen molar-refractivity contribution in [3.63, 3.8) is 0 Å². The second kappa shape index (κ2) is 37.9. The van der Waals surface area contributed by atoms with Gasteiger partial charge in [-0.05, 0) is 76.0 Å². The summed E-state index contributed by atoms with van der Waals surface area (Å²) in [6.07, 6.45) is 63.5. The van der Waals surface area contributed by atoms with E-state index in [-0.39, 0.29) is 0 Å². The Labute approximate surface area is 368 Å². The topological polar surface area (TPSA) is 21.9 Å². The first-order chi connectivity index (χ1) is 28.8. The molecule has 0 aliphatic heterocycles. The molecule has 0 saturated heterocycles. The van der Waals surface area contributed by atoms with Crippen molar-refractivity contribution in [2.24, 2.45) is 0 Å². The second-order valence-electron chi connectivity index (χ2n) is 17.9. The van der Waals surface area contributed by atoms with Crippen LogP contribution in [0.1, 0.15) is 229 Å². The number of hydrogen-bond acceptors (Lipinski definition) is 0. The average Bonchev–Trinajstić information content (AvgIpc) is 3.25. The largest absolute Gasteiger partial charge is 0.218 e. The fourth-order valence-electron chi connectivity index (χ4n) is 8.76. The molecule has 3 rings (SSSR count). The van der Waals surface area contributed by atoms with Gasteiger partial charge in [-0.1, -0.05) is 176 Å². The zero-order valence-corrected chi connectivity index (χ0v) is 39.4. The maximum absolute atomic E-state index is 3.54. The predicted octanol–water partition coefficient (Wildman–Crippen LogP) is 15.4. The van der Waals surface area contributed by atoms with Gasteiger partial charge in [0.25, 0.3) is 0 Å². The van der Waals surface area contributed by atoms with E-state index >= 15 is 0 Å². The molecular formula is C54H91BrN3+3. The maximum Gasteiger partial charge on any atom is 0.171 e. The Morgan fingerprint density at radius 2 is 0.655 bits per heavy atom. The summed E-state index contributed by atoms with van der Waals surface area (Å²) in [5.41, 5.74) is 4.50. The number of hydrogen-bond donors (Lipinski definition) is 0. The smallest absolute Gasteiger partial charge is 0.171 e. The molecule has 4 heteroatoms. The van der Waals surface area contributed by atoms with Crippen LogP contribution >= 0.6 is 15.9 Å². The first-order valence-corrected chi connectivity index (χ1v) is 26.4. The van der Waals surface area contributed by atoms with Crippen LogP contribution < -0.4 is 14.1 Å². The average molecular weight is 862 g/mol. The third-order valence-corrected chi connectivity index (χ3v) is 13.0. The van der Waals surface area contributed by atoms with Crippen LogP contribution in [0, 0.1) is 0 Å². The predicted molar refractivity (Wildman–Crippen MR) is 254 cm³/mol. The van der Waals surface area contributed by atoms with Crippen molar-refractivity contribution in [1.82, 2.24) is 0 Å². The molecule has 3 heterocycles. The molecule has 0 bridgehead atoms. The highest BCUT2D eigenvalue weighted by atomic mass is 79.9. The molecule has 0 fully saturated rings. The van der Waals surface area contributed by atoms with Gasteiger partial charge in [-0.2, -0.15) is 0 Å². The minimum atomic E-state index is 1.17. The van der Waals surface area contributed by atoms with Gasteiger partial charge >= 0.3 is 0 Å². The summed E-state index contributed by atoms with van der Waals surface area (Å²) in [7, 11) is 0. The number of aromatic amines is 1. The summed E-state index contributed by atoms with van der Waals surface area (Å²) >= 11 is 3.54. The van der Waals surface area contributed by atoms with Gasteiger partial charge in [0.1, 0.15) is 13.1 Å². The Balaban J connectivity index is 1.03. The summed E-state index contributed by atoms with van der Waals surface area (Å²) in [4.78, 5) is 3.19. The zero-order valence-electron chi connectivity index (χ0n) is 37.8. The summed E-state index contributed by atoms with van der Waals surface area (Å²) < 4.78 is 4.89. The highest BCUT2D eigenvalue weighted by Crippen LogP contribution is 2.16. The summed E-state index contributed by atoms with van der Waals surface area (Å²) in [6, 6.07) is 13.6. The Hall–Kier alpha value is -2.07. The molecule has 0 radical (unpaired) electrons. The molecule has 0 aliphatic rings. The van der Waals surface area contributed by atoms with E-state index in [4.69, 9.17) is 0 Å². The third kappa shape index (κ3) is 29.2. The number of rotatable bonds is 41. The Kier molecular flexibility index (Phi) is 32.9. The normalized spacial score (nSPS) is 11.5. The monoisotopic (exact) mass is 861 g/mol. The van der Waals surface area contributed by atoms with Crippen molar-refractivity contribution >= 4 is 15.9 Å². The van der Waals surface area contributed by atoms with Gasteiger partial charge in [-0.15, -0.1) is 0 Å². The van der Waals surface area contributed by atoms with Crippen LogP contribution in [-0.2, 0) is 32.4 Å². The quantitative estimate of drug-likeness (QED) is 0.0308. The minimum absolute atomic E-state index is 1.17. The van der Waals surface area contributed by atoms with Gasteiger partial charge in [0.05, 0.1) is 0 Å². The Bertz CT molecular complexity index is 1310. The van der Waals surface area contributed by atoms with Gasteiger partial charge in [-0.3, -0.25) is 0 Å². The van der Waals surface area contributed by atoms with Crippen molar-refractivity contribution in [3.8, 4) is 0 Å². The molecular weight excluding hydrogens is 771 g/mol. The SMILES string of the molecule is BrCCCCCCCCCCCCCc1ccc[n+](CCCCCCCCCCCCCc2ccc[n+](CCCCCCCCCCCCCc3ccc[nH+]c3)c2)c1. The molecule has 326 valence electrons. The van der Waals surface area contributed by atoms with Crippen LogP contribution in [-0.4, -0.2) is 5.33 Å². The number of unbranched alkanes of at least 4 members (excludes halogenated alkanes) is 30. The molecule has 3 aromatic rings. The number of nitrogens with one attached hydrogen (secondary N) is 1. The number of halogens is 1. The lowest BCUT2D eigenvalue weighted by Crippen LogP contribution is -2.33. The number of aryl methyl sites for hydroxylation is 5. The molecule has 1 N–H and O–H groups in total. The van der Waals surface area contributed by atoms with E-state index in [1.54, 1.807) is 0 Å². The zero-order chi connectivity index (χ0) is 40.7. The number of alkyl halides is 1. The fraction of sp³-hybridized carbons (Fsp3) is 0.722. The molecule has 0 atom stereocenters. The molecule has 0 unspecified atom stereocenters. The third-order valence-electron chi connectivity index (χ3n) is 12.5. The number of pyridine rings is 3. The summed E-state index contributed by atoms with van der Waals surface area (Å²) in [5.74, 6) is 0. The van der Waals surface area contributed by atoms with Crippen LogP contribution in [0.2, 0.25) is 0 Å². The number of nitrogens with zero attached hydrogens (tertiary/aromatic N) is 2. The van der Waals surface area contributed by atoms with E-state index in [0.717, 1.165) is 0 Å². The molecule has 0 amide bonds. The summed E-state index contributed by atoms with van der Waals surface area (Å²) in [5, 5.41) is 1.17. The maximum atomic E-state index is 3.54. The molecule has 3 aromatic heterocycles. The number of aromatic nitrogens is 3. The van der Waals surface area contributed by atoms with E-state index in [1.807, 2.05) is 6.20 Å². The first-order valence-electron chi connectivity index (χ1n) is 25.3. The lowest BCUT2D eigenvalue weighted by atomic mass is 10.0. The molecule has 3 nitrogen and oxygen atoms in total. The summed E-state index contributed by atoms with van der Waals surface area (Å²) in [6.45, 7) is 2.37. The molecule has 0 spiro atoms. The van der Waals surface area contributed by atoms with Crippen molar-refractivity contribution in [2.75, 3.05) is 5.33 Å². The van der Waals surface area contributed by atoms with Crippen LogP contribution in [0.15, 0.2) is 73.6 Å². The van der Waals surface area contributed by atoms with Gasteiger partial charge in [-0.25, -0.2) is 14.1 Å². The van der Waals surface area contributed by atoms with Crippen molar-refractivity contribution in [1.29, 1.82) is 0 Å². The first kappa shape index (κ1) is 50.3.